The van der Waals surface area contributed by atoms with E-state index in [9.17, 15) is 18.3 Å². The van der Waals surface area contributed by atoms with Crippen LogP contribution in [0.4, 0.5) is 13.2 Å². The number of aromatic hydroxyl groups is 1. The summed E-state index contributed by atoms with van der Waals surface area (Å²) in [6.45, 7) is 0.121. The highest BCUT2D eigenvalue weighted by Gasteiger charge is 2.25. The second kappa shape index (κ2) is 6.29. The van der Waals surface area contributed by atoms with Crippen molar-refractivity contribution in [3.8, 4) is 11.5 Å². The van der Waals surface area contributed by atoms with E-state index in [2.05, 4.69) is 21.2 Å². The molecule has 0 aromatic heterocycles. The summed E-state index contributed by atoms with van der Waals surface area (Å²) >= 11 is 3.14. The molecular formula is C11H13BrF3NO2. The van der Waals surface area contributed by atoms with Gasteiger partial charge in [-0.1, -0.05) is 0 Å². The number of alkyl halides is 3. The van der Waals surface area contributed by atoms with Gasteiger partial charge in [0.1, 0.15) is 0 Å². The second-order valence-corrected chi connectivity index (χ2v) is 4.52. The number of nitrogens with one attached hydrogen (secondary N) is 1. The Hall–Kier alpha value is -0.950. The number of ether oxygens (including phenoxy) is 1. The van der Waals surface area contributed by atoms with Crippen LogP contribution >= 0.6 is 15.9 Å². The van der Waals surface area contributed by atoms with Crippen LogP contribution in [-0.2, 0) is 6.54 Å². The van der Waals surface area contributed by atoms with Gasteiger partial charge in [0.2, 0.25) is 0 Å². The summed E-state index contributed by atoms with van der Waals surface area (Å²) in [6.07, 6.45) is -5.02. The molecule has 0 radical (unpaired) electrons. The van der Waals surface area contributed by atoms with Gasteiger partial charge in [0.05, 0.1) is 18.0 Å². The van der Waals surface area contributed by atoms with Crippen LogP contribution in [0.25, 0.3) is 0 Å². The number of phenols is 1. The number of benzene rings is 1. The number of halogens is 4. The van der Waals surface area contributed by atoms with Crippen molar-refractivity contribution >= 4 is 15.9 Å². The van der Waals surface area contributed by atoms with E-state index < -0.39 is 12.6 Å². The smallest absolute Gasteiger partial charge is 0.390 e. The first-order chi connectivity index (χ1) is 8.33. The van der Waals surface area contributed by atoms with Crippen molar-refractivity contribution in [1.29, 1.82) is 0 Å². The molecule has 0 aliphatic rings. The number of methoxy groups -OCH3 is 1. The zero-order chi connectivity index (χ0) is 13.8. The Morgan fingerprint density at radius 1 is 1.39 bits per heavy atom. The van der Waals surface area contributed by atoms with Gasteiger partial charge in [-0.25, -0.2) is 0 Å². The van der Waals surface area contributed by atoms with Crippen LogP contribution in [0, 0.1) is 0 Å². The van der Waals surface area contributed by atoms with Gasteiger partial charge in [0, 0.05) is 13.1 Å². The van der Waals surface area contributed by atoms with E-state index in [1.165, 1.54) is 7.11 Å². The summed E-state index contributed by atoms with van der Waals surface area (Å²) in [5.74, 6) is 0.244. The highest BCUT2D eigenvalue weighted by Crippen LogP contribution is 2.35. The number of hydrogen-bond acceptors (Lipinski definition) is 3. The first-order valence-corrected chi connectivity index (χ1v) is 5.95. The molecule has 1 aromatic rings. The predicted molar refractivity (Wildman–Crippen MR) is 64.7 cm³/mol. The Kier molecular flexibility index (Phi) is 5.28. The summed E-state index contributed by atoms with van der Waals surface area (Å²) < 4.78 is 41.1. The van der Waals surface area contributed by atoms with E-state index in [0.717, 1.165) is 5.56 Å². The molecule has 1 aromatic carbocycles. The third-order valence-corrected chi connectivity index (χ3v) is 2.83. The van der Waals surface area contributed by atoms with E-state index >= 15 is 0 Å². The van der Waals surface area contributed by atoms with Crippen LogP contribution in [0.3, 0.4) is 0 Å². The van der Waals surface area contributed by atoms with Gasteiger partial charge < -0.3 is 15.2 Å². The Morgan fingerprint density at radius 3 is 2.61 bits per heavy atom. The molecule has 18 heavy (non-hydrogen) atoms. The molecule has 0 unspecified atom stereocenters. The minimum absolute atomic E-state index is 0.0310. The SMILES string of the molecule is COc1cc(CNCCC(F)(F)F)cc(Br)c1O. The number of hydrogen-bond donors (Lipinski definition) is 2. The molecule has 102 valence electrons. The highest BCUT2D eigenvalue weighted by atomic mass is 79.9. The van der Waals surface area contributed by atoms with Crippen molar-refractivity contribution < 1.29 is 23.0 Å². The van der Waals surface area contributed by atoms with Crippen LogP contribution < -0.4 is 10.1 Å². The zero-order valence-corrected chi connectivity index (χ0v) is 11.2. The molecule has 0 saturated carbocycles. The van der Waals surface area contributed by atoms with Crippen LogP contribution in [0.1, 0.15) is 12.0 Å². The summed E-state index contributed by atoms with van der Waals surface area (Å²) in [6, 6.07) is 3.19. The lowest BCUT2D eigenvalue weighted by Crippen LogP contribution is -2.21. The van der Waals surface area contributed by atoms with Crippen molar-refractivity contribution in [1.82, 2.24) is 5.32 Å². The molecule has 0 spiro atoms. The van der Waals surface area contributed by atoms with Crippen LogP contribution in [0.5, 0.6) is 11.5 Å². The lowest BCUT2D eigenvalue weighted by Gasteiger charge is -2.10. The molecular weight excluding hydrogens is 315 g/mol. The van der Waals surface area contributed by atoms with Crippen molar-refractivity contribution in [2.45, 2.75) is 19.1 Å². The van der Waals surface area contributed by atoms with Crippen LogP contribution in [0.15, 0.2) is 16.6 Å². The molecule has 0 fully saturated rings. The van der Waals surface area contributed by atoms with Gasteiger partial charge >= 0.3 is 6.18 Å². The molecule has 3 nitrogen and oxygen atoms in total. The maximum atomic E-state index is 11.9. The molecule has 0 saturated heterocycles. The first kappa shape index (κ1) is 15.1. The highest BCUT2D eigenvalue weighted by molar-refractivity contribution is 9.10. The molecule has 0 amide bonds. The molecule has 0 heterocycles. The van der Waals surface area contributed by atoms with Gasteiger partial charge in [-0.3, -0.25) is 0 Å². The predicted octanol–water partition coefficient (Wildman–Crippen LogP) is 3.21. The average Bonchev–Trinajstić information content (AvgIpc) is 2.27. The molecule has 0 aliphatic heterocycles. The molecule has 0 bridgehead atoms. The molecule has 7 heteroatoms. The summed E-state index contributed by atoms with van der Waals surface area (Å²) in [5.41, 5.74) is 0.721. The van der Waals surface area contributed by atoms with E-state index in [0.29, 0.717) is 4.47 Å². The van der Waals surface area contributed by atoms with Crippen molar-refractivity contribution in [2.24, 2.45) is 0 Å². The van der Waals surface area contributed by atoms with Gasteiger partial charge in [0.15, 0.2) is 11.5 Å². The van der Waals surface area contributed by atoms with Gasteiger partial charge in [-0.05, 0) is 33.6 Å². The van der Waals surface area contributed by atoms with Gasteiger partial charge in [-0.15, -0.1) is 0 Å². The summed E-state index contributed by atoms with van der Waals surface area (Å²) in [7, 11) is 1.41. The standard InChI is InChI=1S/C11H13BrF3NO2/c1-18-9-5-7(4-8(12)10(9)17)6-16-3-2-11(13,14)15/h4-5,16-17H,2-3,6H2,1H3. The van der Waals surface area contributed by atoms with Crippen molar-refractivity contribution in [3.63, 3.8) is 0 Å². The second-order valence-electron chi connectivity index (χ2n) is 3.67. The Balaban J connectivity index is 2.55. The minimum Gasteiger partial charge on any atom is -0.503 e. The molecule has 2 N–H and O–H groups in total. The van der Waals surface area contributed by atoms with Crippen molar-refractivity contribution in [3.05, 3.63) is 22.2 Å². The Morgan fingerprint density at radius 2 is 2.06 bits per heavy atom. The maximum absolute atomic E-state index is 11.9. The summed E-state index contributed by atoms with van der Waals surface area (Å²) in [5, 5.41) is 12.2. The van der Waals surface area contributed by atoms with Crippen LogP contribution in [0.2, 0.25) is 0 Å². The van der Waals surface area contributed by atoms with E-state index in [1.807, 2.05) is 0 Å². The molecule has 0 atom stereocenters. The fourth-order valence-corrected chi connectivity index (χ4v) is 1.84. The minimum atomic E-state index is -4.15. The third-order valence-electron chi connectivity index (χ3n) is 2.22. The fourth-order valence-electron chi connectivity index (χ4n) is 1.35. The summed E-state index contributed by atoms with van der Waals surface area (Å²) in [4.78, 5) is 0. The number of rotatable bonds is 5. The quantitative estimate of drug-likeness (QED) is 0.816. The lowest BCUT2D eigenvalue weighted by atomic mass is 10.2. The normalized spacial score (nSPS) is 11.6. The number of phenolic OH excluding ortho intramolecular Hbond substituents is 1. The largest absolute Gasteiger partial charge is 0.503 e. The maximum Gasteiger partial charge on any atom is 0.390 e. The zero-order valence-electron chi connectivity index (χ0n) is 9.64. The average molecular weight is 328 g/mol. The van der Waals surface area contributed by atoms with Gasteiger partial charge in [-0.2, -0.15) is 13.2 Å². The van der Waals surface area contributed by atoms with E-state index in [1.54, 1.807) is 12.1 Å². The van der Waals surface area contributed by atoms with Gasteiger partial charge in [0.25, 0.3) is 0 Å². The topological polar surface area (TPSA) is 41.5 Å². The third kappa shape index (κ3) is 4.73. The van der Waals surface area contributed by atoms with Crippen LogP contribution in [-0.4, -0.2) is 24.9 Å². The molecule has 1 rings (SSSR count). The fraction of sp³-hybridized carbons (Fsp3) is 0.455. The Bertz CT molecular complexity index is 410. The van der Waals surface area contributed by atoms with Crippen molar-refractivity contribution in [2.75, 3.05) is 13.7 Å². The molecule has 0 aliphatic carbocycles. The monoisotopic (exact) mass is 327 g/mol. The lowest BCUT2D eigenvalue weighted by molar-refractivity contribution is -0.133. The van der Waals surface area contributed by atoms with E-state index in [-0.39, 0.29) is 24.6 Å². The van der Waals surface area contributed by atoms with E-state index in [4.69, 9.17) is 4.74 Å². The first-order valence-electron chi connectivity index (χ1n) is 5.16. The Labute approximate surface area is 111 Å².